The number of rotatable bonds is 6. The molecular weight excluding hydrogens is 422 g/mol. The third kappa shape index (κ3) is 4.62. The summed E-state index contributed by atoms with van der Waals surface area (Å²) in [6.45, 7) is 3.25. The van der Waals surface area contributed by atoms with Crippen molar-refractivity contribution in [3.05, 3.63) is 0 Å². The number of carbonyl (C=O) groups is 4. The van der Waals surface area contributed by atoms with Gasteiger partial charge in [0.2, 0.25) is 11.8 Å². The molecule has 0 spiro atoms. The Morgan fingerprint density at radius 2 is 1.36 bits per heavy atom. The Kier molecular flexibility index (Phi) is 7.01. The van der Waals surface area contributed by atoms with Gasteiger partial charge in [-0.25, -0.2) is 4.79 Å². The summed E-state index contributed by atoms with van der Waals surface area (Å²) in [6, 6.07) is 0.183. The van der Waals surface area contributed by atoms with Gasteiger partial charge in [0.25, 0.3) is 5.91 Å². The maximum absolute atomic E-state index is 13.6. The molecule has 8 heteroatoms. The van der Waals surface area contributed by atoms with E-state index in [4.69, 9.17) is 4.84 Å². The van der Waals surface area contributed by atoms with E-state index in [0.29, 0.717) is 12.8 Å². The van der Waals surface area contributed by atoms with Gasteiger partial charge in [-0.3, -0.25) is 14.4 Å². The number of nitrogens with one attached hydrogen (secondary N) is 2. The smallest absolute Gasteiger partial charge is 0.346 e. The molecule has 2 N–H and O–H groups in total. The van der Waals surface area contributed by atoms with E-state index in [1.54, 1.807) is 13.8 Å². The predicted octanol–water partition coefficient (Wildman–Crippen LogP) is 3.14. The summed E-state index contributed by atoms with van der Waals surface area (Å²) in [5.41, 5.74) is -2.44. The van der Waals surface area contributed by atoms with Crippen molar-refractivity contribution in [2.24, 2.45) is 11.3 Å². The Morgan fingerprint density at radius 3 is 1.91 bits per heavy atom. The Labute approximate surface area is 196 Å². The topological polar surface area (TPSA) is 105 Å². The minimum atomic E-state index is -1.26. The molecule has 184 valence electrons. The van der Waals surface area contributed by atoms with Crippen LogP contribution in [0, 0.1) is 11.3 Å². The van der Waals surface area contributed by atoms with Crippen molar-refractivity contribution in [2.45, 2.75) is 121 Å². The van der Waals surface area contributed by atoms with Gasteiger partial charge in [0.15, 0.2) is 11.5 Å². The summed E-state index contributed by atoms with van der Waals surface area (Å²) >= 11 is 0. The molecule has 33 heavy (non-hydrogen) atoms. The summed E-state index contributed by atoms with van der Waals surface area (Å²) in [4.78, 5) is 58.6. The fraction of sp³-hybridized carbons (Fsp3) is 0.840. The molecule has 1 unspecified atom stereocenters. The summed E-state index contributed by atoms with van der Waals surface area (Å²) in [5, 5.41) is 7.23. The summed E-state index contributed by atoms with van der Waals surface area (Å²) in [7, 11) is 0. The Balaban J connectivity index is 1.50. The van der Waals surface area contributed by atoms with Crippen molar-refractivity contribution in [3.63, 3.8) is 0 Å². The maximum atomic E-state index is 13.6. The van der Waals surface area contributed by atoms with Crippen LogP contribution in [0.3, 0.4) is 0 Å². The standard InChI is InChI=1S/C25H39N3O5/c1-24(2,22(31)26-17-11-5-3-6-12-17)19-20(29)28(33-21(19)30)25(15-9-10-16-25)23(32)27-18-13-7-4-8-14-18/h17-19H,3-16H2,1-2H3,(H,26,31)(H,27,32). The van der Waals surface area contributed by atoms with Gasteiger partial charge in [-0.05, 0) is 52.4 Å². The van der Waals surface area contributed by atoms with Crippen LogP contribution in [0.2, 0.25) is 0 Å². The van der Waals surface area contributed by atoms with E-state index in [1.807, 2.05) is 0 Å². The molecular formula is C25H39N3O5. The highest BCUT2D eigenvalue weighted by Crippen LogP contribution is 2.43. The fourth-order valence-corrected chi connectivity index (χ4v) is 6.11. The maximum Gasteiger partial charge on any atom is 0.346 e. The molecule has 8 nitrogen and oxygen atoms in total. The molecule has 0 radical (unpaired) electrons. The summed E-state index contributed by atoms with van der Waals surface area (Å²) in [5.74, 6) is -3.08. The lowest BCUT2D eigenvalue weighted by atomic mass is 9.76. The molecule has 3 saturated carbocycles. The first kappa shape index (κ1) is 24.0. The largest absolute Gasteiger partial charge is 0.353 e. The average molecular weight is 462 g/mol. The second-order valence-electron chi connectivity index (χ2n) is 11.1. The van der Waals surface area contributed by atoms with Gasteiger partial charge in [-0.15, -0.1) is 0 Å². The second-order valence-corrected chi connectivity index (χ2v) is 11.1. The van der Waals surface area contributed by atoms with Gasteiger partial charge < -0.3 is 15.5 Å². The first-order chi connectivity index (χ1) is 15.8. The number of nitrogens with zero attached hydrogens (tertiary/aromatic N) is 1. The Hall–Kier alpha value is -2.12. The lowest BCUT2D eigenvalue weighted by Gasteiger charge is -2.37. The SMILES string of the molecule is CC(C)(C(=O)NC1CCCCC1)C1C(=O)ON(C2(C(=O)NC3CCCCC3)CCCC2)C1=O. The predicted molar refractivity (Wildman–Crippen MR) is 121 cm³/mol. The Bertz CT molecular complexity index is 777. The normalized spacial score (nSPS) is 26.8. The lowest BCUT2D eigenvalue weighted by Crippen LogP contribution is -2.60. The molecule has 4 aliphatic rings. The molecule has 0 bridgehead atoms. The number of hydrogen-bond donors (Lipinski definition) is 2. The highest BCUT2D eigenvalue weighted by Gasteiger charge is 2.62. The minimum Gasteiger partial charge on any atom is -0.353 e. The van der Waals surface area contributed by atoms with Gasteiger partial charge in [0.1, 0.15) is 0 Å². The van der Waals surface area contributed by atoms with Crippen molar-refractivity contribution in [1.82, 2.24) is 15.7 Å². The zero-order chi connectivity index (χ0) is 23.6. The van der Waals surface area contributed by atoms with E-state index in [1.165, 1.54) is 12.8 Å². The van der Waals surface area contributed by atoms with E-state index < -0.39 is 28.7 Å². The van der Waals surface area contributed by atoms with Gasteiger partial charge in [0.05, 0.1) is 5.41 Å². The molecule has 3 aliphatic carbocycles. The zero-order valence-electron chi connectivity index (χ0n) is 20.1. The molecule has 0 aromatic heterocycles. The van der Waals surface area contributed by atoms with E-state index in [-0.39, 0.29) is 23.9 Å². The number of amides is 3. The average Bonchev–Trinajstić information content (AvgIpc) is 3.40. The quantitative estimate of drug-likeness (QED) is 0.591. The lowest BCUT2D eigenvalue weighted by molar-refractivity contribution is -0.204. The van der Waals surface area contributed by atoms with Gasteiger partial charge >= 0.3 is 5.97 Å². The van der Waals surface area contributed by atoms with Crippen LogP contribution in [-0.2, 0) is 24.0 Å². The van der Waals surface area contributed by atoms with E-state index in [0.717, 1.165) is 69.3 Å². The number of hydrogen-bond acceptors (Lipinski definition) is 5. The first-order valence-electron chi connectivity index (χ1n) is 12.9. The minimum absolute atomic E-state index is 0.0802. The summed E-state index contributed by atoms with van der Waals surface area (Å²) in [6.07, 6.45) is 12.9. The van der Waals surface area contributed by atoms with Gasteiger partial charge in [-0.2, -0.15) is 5.06 Å². The van der Waals surface area contributed by atoms with Crippen molar-refractivity contribution in [3.8, 4) is 0 Å². The molecule has 3 amide bonds. The van der Waals surface area contributed by atoms with Crippen molar-refractivity contribution in [1.29, 1.82) is 0 Å². The van der Waals surface area contributed by atoms with Crippen LogP contribution in [0.4, 0.5) is 0 Å². The highest BCUT2D eigenvalue weighted by molar-refractivity contribution is 6.08. The fourth-order valence-electron chi connectivity index (χ4n) is 6.11. The van der Waals surface area contributed by atoms with Crippen molar-refractivity contribution < 1.29 is 24.0 Å². The van der Waals surface area contributed by atoms with Crippen LogP contribution in [0.5, 0.6) is 0 Å². The molecule has 0 aromatic carbocycles. The van der Waals surface area contributed by atoms with Crippen molar-refractivity contribution in [2.75, 3.05) is 0 Å². The van der Waals surface area contributed by atoms with Crippen LogP contribution in [0.1, 0.15) is 104 Å². The van der Waals surface area contributed by atoms with Crippen LogP contribution < -0.4 is 10.6 Å². The molecule has 4 fully saturated rings. The third-order valence-corrected chi connectivity index (χ3v) is 8.29. The second kappa shape index (κ2) is 9.63. The monoisotopic (exact) mass is 461 g/mol. The third-order valence-electron chi connectivity index (χ3n) is 8.29. The highest BCUT2D eigenvalue weighted by atomic mass is 16.7. The van der Waals surface area contributed by atoms with E-state index in [9.17, 15) is 19.2 Å². The van der Waals surface area contributed by atoms with Crippen LogP contribution in [0.15, 0.2) is 0 Å². The van der Waals surface area contributed by atoms with Gasteiger partial charge in [0, 0.05) is 12.1 Å². The zero-order valence-corrected chi connectivity index (χ0v) is 20.1. The van der Waals surface area contributed by atoms with Gasteiger partial charge in [-0.1, -0.05) is 51.4 Å². The molecule has 1 saturated heterocycles. The molecule has 4 rings (SSSR count). The van der Waals surface area contributed by atoms with Crippen LogP contribution in [0.25, 0.3) is 0 Å². The molecule has 1 aliphatic heterocycles. The summed E-state index contributed by atoms with van der Waals surface area (Å²) < 4.78 is 0. The number of carbonyl (C=O) groups excluding carboxylic acids is 4. The molecule has 1 atom stereocenters. The van der Waals surface area contributed by atoms with Crippen LogP contribution in [-0.4, -0.2) is 46.4 Å². The molecule has 1 heterocycles. The number of hydroxylamine groups is 2. The van der Waals surface area contributed by atoms with Crippen molar-refractivity contribution >= 4 is 23.7 Å². The molecule has 0 aromatic rings. The van der Waals surface area contributed by atoms with E-state index in [2.05, 4.69) is 10.6 Å². The van der Waals surface area contributed by atoms with E-state index >= 15 is 0 Å². The first-order valence-corrected chi connectivity index (χ1v) is 12.9. The van der Waals surface area contributed by atoms with Crippen LogP contribution >= 0.6 is 0 Å². The Morgan fingerprint density at radius 1 is 0.848 bits per heavy atom.